The minimum atomic E-state index is 0.400. The lowest BCUT2D eigenvalue weighted by atomic mass is 10.1. The largest absolute Gasteiger partial charge is 0.369 e. The smallest absolute Gasteiger partial charge is 0.0785 e. The van der Waals surface area contributed by atoms with Gasteiger partial charge in [-0.1, -0.05) is 0 Å². The molecule has 1 aromatic heterocycles. The summed E-state index contributed by atoms with van der Waals surface area (Å²) in [7, 11) is 0. The van der Waals surface area contributed by atoms with Crippen LogP contribution in [-0.4, -0.2) is 29.3 Å². The van der Waals surface area contributed by atoms with E-state index < -0.39 is 0 Å². The summed E-state index contributed by atoms with van der Waals surface area (Å²) in [5.41, 5.74) is 8.59. The van der Waals surface area contributed by atoms with Crippen LogP contribution in [-0.2, 0) is 0 Å². The Morgan fingerprint density at radius 3 is 2.67 bits per heavy atom. The highest BCUT2D eigenvalue weighted by Gasteiger charge is 2.30. The average molecular weight is 206 g/mol. The molecule has 4 nitrogen and oxygen atoms in total. The molecule has 0 spiro atoms. The molecule has 0 unspecified atom stereocenters. The van der Waals surface area contributed by atoms with Crippen LogP contribution in [0.5, 0.6) is 0 Å². The molecule has 4 heteroatoms. The molecule has 1 aromatic rings. The number of anilines is 1. The zero-order valence-corrected chi connectivity index (χ0v) is 8.95. The maximum absolute atomic E-state index is 5.91. The average Bonchev–Trinajstić information content (AvgIpc) is 2.98. The van der Waals surface area contributed by atoms with E-state index in [1.165, 1.54) is 24.2 Å². The highest BCUT2D eigenvalue weighted by atomic mass is 15.2. The van der Waals surface area contributed by atoms with Crippen LogP contribution in [0.4, 0.5) is 5.69 Å². The van der Waals surface area contributed by atoms with E-state index in [-0.39, 0.29) is 0 Å². The number of hydrogen-bond donors (Lipinski definition) is 2. The van der Waals surface area contributed by atoms with Crippen molar-refractivity contribution in [2.45, 2.75) is 37.6 Å². The predicted molar refractivity (Wildman–Crippen MR) is 60.0 cm³/mol. The Hall–Kier alpha value is -1.03. The Balaban J connectivity index is 1.77. The van der Waals surface area contributed by atoms with E-state index >= 15 is 0 Å². The molecule has 3 N–H and O–H groups in total. The standard InChI is InChI=1S/C11H18N4/c12-9-3-5-15(6-4-9)10-7-13-14-11(10)8-1-2-8/h7-9H,1-6,12H2,(H,13,14). The van der Waals surface area contributed by atoms with Gasteiger partial charge in [0.15, 0.2) is 0 Å². The number of aromatic amines is 1. The second-order valence-corrected chi connectivity index (χ2v) is 4.77. The van der Waals surface area contributed by atoms with Gasteiger partial charge in [-0.25, -0.2) is 0 Å². The first-order chi connectivity index (χ1) is 7.34. The van der Waals surface area contributed by atoms with Gasteiger partial charge in [-0.3, -0.25) is 5.10 Å². The van der Waals surface area contributed by atoms with Gasteiger partial charge in [0, 0.05) is 25.0 Å². The molecule has 3 rings (SSSR count). The first-order valence-electron chi connectivity index (χ1n) is 5.88. The first-order valence-corrected chi connectivity index (χ1v) is 5.88. The second kappa shape index (κ2) is 3.52. The van der Waals surface area contributed by atoms with Gasteiger partial charge in [-0.05, 0) is 25.7 Å². The number of aromatic nitrogens is 2. The minimum Gasteiger partial charge on any atom is -0.369 e. The molecule has 2 fully saturated rings. The van der Waals surface area contributed by atoms with Crippen LogP contribution in [0.3, 0.4) is 0 Å². The van der Waals surface area contributed by atoms with Crippen molar-refractivity contribution in [1.29, 1.82) is 0 Å². The Labute approximate surface area is 89.8 Å². The molecule has 15 heavy (non-hydrogen) atoms. The molecule has 2 heterocycles. The molecule has 1 saturated carbocycles. The summed E-state index contributed by atoms with van der Waals surface area (Å²) < 4.78 is 0. The van der Waals surface area contributed by atoms with Crippen LogP contribution >= 0.6 is 0 Å². The van der Waals surface area contributed by atoms with Crippen molar-refractivity contribution in [2.75, 3.05) is 18.0 Å². The number of piperidine rings is 1. The van der Waals surface area contributed by atoms with Gasteiger partial charge in [0.1, 0.15) is 0 Å². The maximum Gasteiger partial charge on any atom is 0.0785 e. The predicted octanol–water partition coefficient (Wildman–Crippen LogP) is 1.21. The van der Waals surface area contributed by atoms with Crippen molar-refractivity contribution in [3.8, 4) is 0 Å². The molecule has 1 aliphatic heterocycles. The fourth-order valence-corrected chi connectivity index (χ4v) is 2.35. The lowest BCUT2D eigenvalue weighted by molar-refractivity contribution is 0.500. The lowest BCUT2D eigenvalue weighted by Gasteiger charge is -2.31. The molecular weight excluding hydrogens is 188 g/mol. The molecule has 0 bridgehead atoms. The van der Waals surface area contributed by atoms with Crippen LogP contribution in [0.15, 0.2) is 6.20 Å². The highest BCUT2D eigenvalue weighted by molar-refractivity contribution is 5.52. The van der Waals surface area contributed by atoms with Crippen LogP contribution in [0.2, 0.25) is 0 Å². The Morgan fingerprint density at radius 1 is 1.27 bits per heavy atom. The minimum absolute atomic E-state index is 0.400. The molecule has 1 saturated heterocycles. The Morgan fingerprint density at radius 2 is 2.00 bits per heavy atom. The SMILES string of the molecule is NC1CCN(c2cn[nH]c2C2CC2)CC1. The van der Waals surface area contributed by atoms with Gasteiger partial charge in [-0.15, -0.1) is 0 Å². The summed E-state index contributed by atoms with van der Waals surface area (Å²) in [5.74, 6) is 0.748. The quantitative estimate of drug-likeness (QED) is 0.764. The molecule has 0 amide bonds. The fraction of sp³-hybridized carbons (Fsp3) is 0.727. The monoisotopic (exact) mass is 206 g/mol. The van der Waals surface area contributed by atoms with Crippen LogP contribution in [0, 0.1) is 0 Å². The zero-order chi connectivity index (χ0) is 10.3. The maximum atomic E-state index is 5.91. The zero-order valence-electron chi connectivity index (χ0n) is 8.95. The topological polar surface area (TPSA) is 57.9 Å². The van der Waals surface area contributed by atoms with Crippen LogP contribution in [0.25, 0.3) is 0 Å². The van der Waals surface area contributed by atoms with Gasteiger partial charge < -0.3 is 10.6 Å². The molecule has 1 aliphatic carbocycles. The van der Waals surface area contributed by atoms with Crippen molar-refractivity contribution in [3.63, 3.8) is 0 Å². The molecular formula is C11H18N4. The summed E-state index contributed by atoms with van der Waals surface area (Å²) in [6, 6.07) is 0.400. The number of nitrogens with one attached hydrogen (secondary N) is 1. The van der Waals surface area contributed by atoms with E-state index in [0.29, 0.717) is 6.04 Å². The first kappa shape index (κ1) is 9.21. The summed E-state index contributed by atoms with van der Waals surface area (Å²) >= 11 is 0. The normalized spacial score (nSPS) is 23.4. The van der Waals surface area contributed by atoms with Crippen molar-refractivity contribution in [3.05, 3.63) is 11.9 Å². The van der Waals surface area contributed by atoms with Gasteiger partial charge in [0.05, 0.1) is 17.6 Å². The third-order valence-corrected chi connectivity index (χ3v) is 3.51. The highest BCUT2D eigenvalue weighted by Crippen LogP contribution is 2.43. The fourth-order valence-electron chi connectivity index (χ4n) is 2.35. The van der Waals surface area contributed by atoms with E-state index in [2.05, 4.69) is 15.1 Å². The van der Waals surface area contributed by atoms with Crippen molar-refractivity contribution in [2.24, 2.45) is 5.73 Å². The van der Waals surface area contributed by atoms with Gasteiger partial charge in [-0.2, -0.15) is 5.10 Å². The summed E-state index contributed by atoms with van der Waals surface area (Å²) in [4.78, 5) is 2.43. The van der Waals surface area contributed by atoms with E-state index in [0.717, 1.165) is 31.8 Å². The molecule has 2 aliphatic rings. The number of nitrogens with zero attached hydrogens (tertiary/aromatic N) is 2. The van der Waals surface area contributed by atoms with Crippen LogP contribution < -0.4 is 10.6 Å². The van der Waals surface area contributed by atoms with Crippen molar-refractivity contribution >= 4 is 5.69 Å². The number of H-pyrrole nitrogens is 1. The molecule has 0 radical (unpaired) electrons. The van der Waals surface area contributed by atoms with Crippen molar-refractivity contribution in [1.82, 2.24) is 10.2 Å². The molecule has 0 aromatic carbocycles. The van der Waals surface area contributed by atoms with E-state index in [1.807, 2.05) is 6.20 Å². The lowest BCUT2D eigenvalue weighted by Crippen LogP contribution is -2.39. The third kappa shape index (κ3) is 1.74. The molecule has 82 valence electrons. The van der Waals surface area contributed by atoms with E-state index in [4.69, 9.17) is 5.73 Å². The number of nitrogens with two attached hydrogens (primary N) is 1. The van der Waals surface area contributed by atoms with Crippen molar-refractivity contribution < 1.29 is 0 Å². The van der Waals surface area contributed by atoms with E-state index in [1.54, 1.807) is 0 Å². The van der Waals surface area contributed by atoms with E-state index in [9.17, 15) is 0 Å². The van der Waals surface area contributed by atoms with Gasteiger partial charge in [0.2, 0.25) is 0 Å². The Kier molecular flexibility index (Phi) is 2.16. The van der Waals surface area contributed by atoms with Gasteiger partial charge >= 0.3 is 0 Å². The number of rotatable bonds is 2. The summed E-state index contributed by atoms with van der Waals surface area (Å²) in [6.07, 6.45) is 6.83. The Bertz CT molecular complexity index is 334. The summed E-state index contributed by atoms with van der Waals surface area (Å²) in [5, 5.41) is 7.33. The second-order valence-electron chi connectivity index (χ2n) is 4.77. The van der Waals surface area contributed by atoms with Crippen LogP contribution in [0.1, 0.15) is 37.3 Å². The third-order valence-electron chi connectivity index (χ3n) is 3.51. The van der Waals surface area contributed by atoms with Gasteiger partial charge in [0.25, 0.3) is 0 Å². The number of hydrogen-bond acceptors (Lipinski definition) is 3. The summed E-state index contributed by atoms with van der Waals surface area (Å²) in [6.45, 7) is 2.17. The molecule has 0 atom stereocenters.